The first-order chi connectivity index (χ1) is 11.6. The molecule has 24 heavy (non-hydrogen) atoms. The molecule has 1 aliphatic heterocycles. The average Bonchev–Trinajstić information content (AvgIpc) is 2.59. The number of nitrogens with zero attached hydrogens (tertiary/aromatic N) is 1. The van der Waals surface area contributed by atoms with Crippen LogP contribution in [0.4, 0.5) is 5.69 Å². The fourth-order valence-electron chi connectivity index (χ4n) is 3.80. The Hall–Kier alpha value is -1.55. The molecule has 1 aromatic carbocycles. The van der Waals surface area contributed by atoms with Gasteiger partial charge in [-0.1, -0.05) is 19.1 Å². The number of likely N-dealkylation sites (tertiary alicyclic amines) is 1. The van der Waals surface area contributed by atoms with Gasteiger partial charge in [-0.15, -0.1) is 0 Å². The molecule has 2 aliphatic rings. The summed E-state index contributed by atoms with van der Waals surface area (Å²) in [6.45, 7) is 3.98. The van der Waals surface area contributed by atoms with Crippen LogP contribution in [0.25, 0.3) is 0 Å². The smallest absolute Gasteiger partial charge is 0.226 e. The van der Waals surface area contributed by atoms with Crippen LogP contribution in [-0.4, -0.2) is 36.1 Å². The van der Waals surface area contributed by atoms with Crippen LogP contribution in [0.15, 0.2) is 24.3 Å². The summed E-state index contributed by atoms with van der Waals surface area (Å²) >= 11 is 0. The molecule has 0 aromatic heterocycles. The van der Waals surface area contributed by atoms with Crippen LogP contribution >= 0.6 is 0 Å². The molecule has 0 bridgehead atoms. The Bertz CT molecular complexity index is 527. The molecule has 132 valence electrons. The fourth-order valence-corrected chi connectivity index (χ4v) is 3.80. The molecule has 0 radical (unpaired) electrons. The number of piperidine rings is 1. The van der Waals surface area contributed by atoms with Crippen molar-refractivity contribution in [3.63, 3.8) is 0 Å². The van der Waals surface area contributed by atoms with Gasteiger partial charge in [0.2, 0.25) is 5.91 Å². The maximum absolute atomic E-state index is 12.4. The van der Waals surface area contributed by atoms with Crippen molar-refractivity contribution >= 4 is 11.6 Å². The van der Waals surface area contributed by atoms with Gasteiger partial charge in [0, 0.05) is 18.8 Å². The van der Waals surface area contributed by atoms with Crippen molar-refractivity contribution in [2.45, 2.75) is 64.1 Å². The van der Waals surface area contributed by atoms with E-state index < -0.39 is 0 Å². The second-order valence-corrected chi connectivity index (χ2v) is 7.52. The molecule has 0 spiro atoms. The largest absolute Gasteiger partial charge is 0.399 e. The van der Waals surface area contributed by atoms with Gasteiger partial charge < -0.3 is 15.4 Å². The molecule has 1 heterocycles. The van der Waals surface area contributed by atoms with Gasteiger partial charge in [0.15, 0.2) is 0 Å². The number of ether oxygens (including phenoxy) is 1. The summed E-state index contributed by atoms with van der Waals surface area (Å²) in [7, 11) is 0. The van der Waals surface area contributed by atoms with Crippen LogP contribution in [0.3, 0.4) is 0 Å². The Balaban J connectivity index is 1.41. The summed E-state index contributed by atoms with van der Waals surface area (Å²) in [5.74, 6) is 1.07. The lowest BCUT2D eigenvalue weighted by molar-refractivity contribution is -0.134. The third-order valence-corrected chi connectivity index (χ3v) is 5.48. The standard InChI is InChI=1S/C20H30N2O2/c1-15-2-8-18(9-3-15)24-19-10-12-22(13-11-19)20(23)14-16-4-6-17(21)7-5-16/h4-7,15,18-19H,2-3,8-14,21H2,1H3. The minimum Gasteiger partial charge on any atom is -0.399 e. The highest BCUT2D eigenvalue weighted by molar-refractivity contribution is 5.79. The average molecular weight is 330 g/mol. The number of carbonyl (C=O) groups is 1. The molecule has 0 atom stereocenters. The number of rotatable bonds is 4. The Kier molecular flexibility index (Phi) is 5.77. The van der Waals surface area contributed by atoms with E-state index in [9.17, 15) is 4.79 Å². The number of anilines is 1. The van der Waals surface area contributed by atoms with E-state index in [1.807, 2.05) is 29.2 Å². The van der Waals surface area contributed by atoms with E-state index in [4.69, 9.17) is 10.5 Å². The van der Waals surface area contributed by atoms with E-state index in [-0.39, 0.29) is 5.91 Å². The van der Waals surface area contributed by atoms with E-state index >= 15 is 0 Å². The van der Waals surface area contributed by atoms with Crippen LogP contribution in [0, 0.1) is 5.92 Å². The number of hydrogen-bond donors (Lipinski definition) is 1. The van der Waals surface area contributed by atoms with Gasteiger partial charge in [-0.3, -0.25) is 4.79 Å². The molecule has 4 nitrogen and oxygen atoms in total. The van der Waals surface area contributed by atoms with Gasteiger partial charge in [0.25, 0.3) is 0 Å². The third-order valence-electron chi connectivity index (χ3n) is 5.48. The summed E-state index contributed by atoms with van der Waals surface area (Å²) in [4.78, 5) is 14.4. The van der Waals surface area contributed by atoms with Crippen molar-refractivity contribution in [1.29, 1.82) is 0 Å². The van der Waals surface area contributed by atoms with Gasteiger partial charge >= 0.3 is 0 Å². The van der Waals surface area contributed by atoms with Crippen molar-refractivity contribution < 1.29 is 9.53 Å². The quantitative estimate of drug-likeness (QED) is 0.861. The fraction of sp³-hybridized carbons (Fsp3) is 0.650. The molecule has 2 N–H and O–H groups in total. The monoisotopic (exact) mass is 330 g/mol. The molecule has 1 saturated carbocycles. The van der Waals surface area contributed by atoms with Crippen molar-refractivity contribution in [1.82, 2.24) is 4.90 Å². The van der Waals surface area contributed by atoms with E-state index in [2.05, 4.69) is 6.92 Å². The van der Waals surface area contributed by atoms with Gasteiger partial charge in [-0.2, -0.15) is 0 Å². The number of nitrogen functional groups attached to an aromatic ring is 1. The highest BCUT2D eigenvalue weighted by Gasteiger charge is 2.27. The van der Waals surface area contributed by atoms with Gasteiger partial charge in [-0.05, 0) is 62.1 Å². The first kappa shape index (κ1) is 17.3. The first-order valence-electron chi connectivity index (χ1n) is 9.38. The summed E-state index contributed by atoms with van der Waals surface area (Å²) in [5, 5.41) is 0. The predicted molar refractivity (Wildman–Crippen MR) is 96.7 cm³/mol. The maximum Gasteiger partial charge on any atom is 0.226 e. The highest BCUT2D eigenvalue weighted by atomic mass is 16.5. The molecule has 1 aliphatic carbocycles. The highest BCUT2D eigenvalue weighted by Crippen LogP contribution is 2.28. The van der Waals surface area contributed by atoms with Crippen molar-refractivity contribution in [2.75, 3.05) is 18.8 Å². The molecule has 3 rings (SSSR count). The SMILES string of the molecule is CC1CCC(OC2CCN(C(=O)Cc3ccc(N)cc3)CC2)CC1. The number of hydrogen-bond acceptors (Lipinski definition) is 3. The molecule has 0 unspecified atom stereocenters. The Morgan fingerprint density at radius 2 is 1.62 bits per heavy atom. The van der Waals surface area contributed by atoms with E-state index in [1.165, 1.54) is 25.7 Å². The molecule has 2 fully saturated rings. The maximum atomic E-state index is 12.4. The number of nitrogens with two attached hydrogens (primary N) is 1. The minimum absolute atomic E-state index is 0.213. The Labute approximate surface area is 145 Å². The summed E-state index contributed by atoms with van der Waals surface area (Å²) < 4.78 is 6.29. The van der Waals surface area contributed by atoms with Crippen LogP contribution in [0.1, 0.15) is 51.0 Å². The second-order valence-electron chi connectivity index (χ2n) is 7.52. The van der Waals surface area contributed by atoms with Crippen molar-refractivity contribution in [3.8, 4) is 0 Å². The summed E-state index contributed by atoms with van der Waals surface area (Å²) in [6, 6.07) is 7.59. The second kappa shape index (κ2) is 8.02. The molecule has 4 heteroatoms. The van der Waals surface area contributed by atoms with Gasteiger partial charge in [-0.25, -0.2) is 0 Å². The van der Waals surface area contributed by atoms with Crippen LogP contribution < -0.4 is 5.73 Å². The van der Waals surface area contributed by atoms with Crippen LogP contribution in [0.5, 0.6) is 0 Å². The Morgan fingerprint density at radius 3 is 2.25 bits per heavy atom. The zero-order chi connectivity index (χ0) is 16.9. The zero-order valence-electron chi connectivity index (χ0n) is 14.7. The van der Waals surface area contributed by atoms with Gasteiger partial charge in [0.1, 0.15) is 0 Å². The Morgan fingerprint density at radius 1 is 1.04 bits per heavy atom. The number of benzene rings is 1. The molecule has 1 amide bonds. The zero-order valence-corrected chi connectivity index (χ0v) is 14.7. The normalized spacial score (nSPS) is 25.6. The first-order valence-corrected chi connectivity index (χ1v) is 9.38. The van der Waals surface area contributed by atoms with Gasteiger partial charge in [0.05, 0.1) is 18.6 Å². The van der Waals surface area contributed by atoms with E-state index in [0.29, 0.717) is 18.6 Å². The lowest BCUT2D eigenvalue weighted by Gasteiger charge is -2.35. The van der Waals surface area contributed by atoms with Crippen molar-refractivity contribution in [3.05, 3.63) is 29.8 Å². The number of carbonyl (C=O) groups excluding carboxylic acids is 1. The lowest BCUT2D eigenvalue weighted by atomic mass is 9.88. The molecule has 1 aromatic rings. The molecular weight excluding hydrogens is 300 g/mol. The predicted octanol–water partition coefficient (Wildman–Crippen LogP) is 3.40. The molecule has 1 saturated heterocycles. The third kappa shape index (κ3) is 4.73. The molecular formula is C20H30N2O2. The van der Waals surface area contributed by atoms with Crippen molar-refractivity contribution in [2.24, 2.45) is 5.92 Å². The van der Waals surface area contributed by atoms with E-state index in [1.54, 1.807) is 0 Å². The topological polar surface area (TPSA) is 55.6 Å². The minimum atomic E-state index is 0.213. The van der Waals surface area contributed by atoms with Crippen LogP contribution in [-0.2, 0) is 16.0 Å². The lowest BCUT2D eigenvalue weighted by Crippen LogP contribution is -2.42. The summed E-state index contributed by atoms with van der Waals surface area (Å²) in [5.41, 5.74) is 7.46. The summed E-state index contributed by atoms with van der Waals surface area (Å²) in [6.07, 6.45) is 8.19. The number of amides is 1. The van der Waals surface area contributed by atoms with Crippen LogP contribution in [0.2, 0.25) is 0 Å². The van der Waals surface area contributed by atoms with E-state index in [0.717, 1.165) is 43.1 Å².